The number of fused-ring (bicyclic) bond motifs is 1. The van der Waals surface area contributed by atoms with Gasteiger partial charge in [-0.2, -0.15) is 5.10 Å². The first-order valence-electron chi connectivity index (χ1n) is 12.2. The highest BCUT2D eigenvalue weighted by molar-refractivity contribution is 7.18. The number of allylic oxidation sites excluding steroid dienone is 1. The molecule has 5 rings (SSSR count). The van der Waals surface area contributed by atoms with E-state index < -0.39 is 5.91 Å². The lowest BCUT2D eigenvalue weighted by Crippen LogP contribution is -2.29. The largest absolute Gasteiger partial charge is 0.396 e. The summed E-state index contributed by atoms with van der Waals surface area (Å²) in [6.07, 6.45) is 10.4. The zero-order valence-corrected chi connectivity index (χ0v) is 21.1. The molecule has 10 heteroatoms. The summed E-state index contributed by atoms with van der Waals surface area (Å²) in [5, 5.41) is 18.5. The zero-order valence-electron chi connectivity index (χ0n) is 20.3. The second-order valence-corrected chi connectivity index (χ2v) is 11.1. The Morgan fingerprint density at radius 1 is 1.34 bits per heavy atom. The van der Waals surface area contributed by atoms with Gasteiger partial charge in [0.25, 0.3) is 5.91 Å². The van der Waals surface area contributed by atoms with Crippen LogP contribution in [0.25, 0.3) is 16.1 Å². The lowest BCUT2D eigenvalue weighted by Gasteiger charge is -2.34. The van der Waals surface area contributed by atoms with Crippen molar-refractivity contribution in [3.05, 3.63) is 36.2 Å². The van der Waals surface area contributed by atoms with E-state index in [1.54, 1.807) is 4.52 Å². The van der Waals surface area contributed by atoms with E-state index in [4.69, 9.17) is 16.2 Å². The quantitative estimate of drug-likeness (QED) is 0.423. The highest BCUT2D eigenvalue weighted by atomic mass is 32.1. The van der Waals surface area contributed by atoms with E-state index in [1.165, 1.54) is 17.5 Å². The van der Waals surface area contributed by atoms with E-state index in [1.807, 2.05) is 6.20 Å². The number of amides is 1. The maximum Gasteiger partial charge on any atom is 0.252 e. The third kappa shape index (κ3) is 4.18. The van der Waals surface area contributed by atoms with Crippen molar-refractivity contribution in [3.63, 3.8) is 0 Å². The molecule has 9 nitrogen and oxygen atoms in total. The first kappa shape index (κ1) is 23.7. The van der Waals surface area contributed by atoms with Crippen LogP contribution in [0.5, 0.6) is 0 Å². The molecule has 186 valence electrons. The summed E-state index contributed by atoms with van der Waals surface area (Å²) >= 11 is 1.52. The fourth-order valence-corrected chi connectivity index (χ4v) is 6.58. The van der Waals surface area contributed by atoms with Crippen LogP contribution in [0.1, 0.15) is 55.5 Å². The number of hydrogen-bond donors (Lipinski definition) is 3. The summed E-state index contributed by atoms with van der Waals surface area (Å²) in [6, 6.07) is 0.333. The van der Waals surface area contributed by atoms with Crippen molar-refractivity contribution < 1.29 is 9.53 Å². The third-order valence-corrected chi connectivity index (χ3v) is 9.03. The number of nitrogens with one attached hydrogen (secondary N) is 1. The number of nitrogens with zero attached hydrogens (tertiary/aromatic N) is 4. The second kappa shape index (κ2) is 9.23. The van der Waals surface area contributed by atoms with Gasteiger partial charge < -0.3 is 21.5 Å². The average molecular weight is 496 g/mol. The molecule has 1 amide bonds. The molecule has 3 unspecified atom stereocenters. The average Bonchev–Trinajstić information content (AvgIpc) is 3.51. The molecule has 2 aliphatic rings. The molecule has 3 atom stereocenters. The minimum atomic E-state index is -0.588. The molecule has 3 aromatic rings. The first-order valence-corrected chi connectivity index (χ1v) is 13.0. The summed E-state index contributed by atoms with van der Waals surface area (Å²) in [5.41, 5.74) is 15.4. The van der Waals surface area contributed by atoms with Crippen LogP contribution >= 0.6 is 11.3 Å². The van der Waals surface area contributed by atoms with Crippen LogP contribution in [0.4, 0.5) is 10.8 Å². The van der Waals surface area contributed by atoms with E-state index in [0.29, 0.717) is 29.1 Å². The summed E-state index contributed by atoms with van der Waals surface area (Å²) in [5.74, 6) is 0.297. The van der Waals surface area contributed by atoms with Crippen LogP contribution in [-0.4, -0.2) is 45.0 Å². The molecule has 0 aromatic carbocycles. The Morgan fingerprint density at radius 2 is 2.11 bits per heavy atom. The maximum atomic E-state index is 12.0. The van der Waals surface area contributed by atoms with E-state index in [2.05, 4.69) is 47.1 Å². The molecule has 1 aliphatic carbocycles. The van der Waals surface area contributed by atoms with Gasteiger partial charge in [0, 0.05) is 31.0 Å². The summed E-state index contributed by atoms with van der Waals surface area (Å²) in [4.78, 5) is 12.0. The minimum absolute atomic E-state index is 0.0125. The maximum absolute atomic E-state index is 12.0. The van der Waals surface area contributed by atoms with Gasteiger partial charge >= 0.3 is 0 Å². The van der Waals surface area contributed by atoms with E-state index in [9.17, 15) is 4.79 Å². The van der Waals surface area contributed by atoms with Gasteiger partial charge in [-0.25, -0.2) is 4.52 Å². The number of nitrogens with two attached hydrogens (primary N) is 2. The van der Waals surface area contributed by atoms with Crippen LogP contribution in [0.15, 0.2) is 25.0 Å². The Morgan fingerprint density at radius 3 is 2.83 bits per heavy atom. The van der Waals surface area contributed by atoms with E-state index >= 15 is 0 Å². The molecule has 0 radical (unpaired) electrons. The van der Waals surface area contributed by atoms with E-state index in [0.717, 1.165) is 66.6 Å². The molecule has 1 saturated heterocycles. The molecule has 0 bridgehead atoms. The Labute approximate surface area is 208 Å². The van der Waals surface area contributed by atoms with Crippen molar-refractivity contribution >= 4 is 33.6 Å². The van der Waals surface area contributed by atoms with Gasteiger partial charge in [0.05, 0.1) is 23.0 Å². The SMILES string of the molecule is C=CC1CCC(C)C1(C)Cc1c(-c2nnc(NC3CCOCC3)s2)cn2ncc(C(N)=O)c(N)c12. The monoisotopic (exact) mass is 495 g/mol. The van der Waals surface area contributed by atoms with Crippen LogP contribution in [0.2, 0.25) is 0 Å². The van der Waals surface area contributed by atoms with Crippen LogP contribution < -0.4 is 16.8 Å². The van der Waals surface area contributed by atoms with Gasteiger partial charge in [-0.3, -0.25) is 4.79 Å². The van der Waals surface area contributed by atoms with Crippen molar-refractivity contribution in [1.29, 1.82) is 0 Å². The number of hydrogen-bond acceptors (Lipinski definition) is 8. The van der Waals surface area contributed by atoms with Crippen LogP contribution in [-0.2, 0) is 11.2 Å². The number of ether oxygens (including phenoxy) is 1. The molecule has 0 spiro atoms. The second-order valence-electron chi connectivity index (χ2n) is 10.1. The van der Waals surface area contributed by atoms with E-state index in [-0.39, 0.29) is 11.0 Å². The van der Waals surface area contributed by atoms with Gasteiger partial charge in [-0.15, -0.1) is 16.8 Å². The van der Waals surface area contributed by atoms with Crippen molar-refractivity contribution in [2.75, 3.05) is 24.3 Å². The van der Waals surface area contributed by atoms with Crippen molar-refractivity contribution in [3.8, 4) is 10.6 Å². The highest BCUT2D eigenvalue weighted by Gasteiger charge is 2.44. The summed E-state index contributed by atoms with van der Waals surface area (Å²) in [6.45, 7) is 10.3. The number of nitrogen functional groups attached to an aromatic ring is 1. The first-order chi connectivity index (χ1) is 16.8. The van der Waals surface area contributed by atoms with Gasteiger partial charge in [-0.05, 0) is 54.9 Å². The third-order valence-electron chi connectivity index (χ3n) is 8.14. The molecular weight excluding hydrogens is 462 g/mol. The number of aromatic nitrogens is 4. The van der Waals surface area contributed by atoms with Crippen molar-refractivity contribution in [2.24, 2.45) is 23.0 Å². The highest BCUT2D eigenvalue weighted by Crippen LogP contribution is 2.52. The lowest BCUT2D eigenvalue weighted by atomic mass is 9.70. The van der Waals surface area contributed by atoms with Crippen LogP contribution in [0.3, 0.4) is 0 Å². The van der Waals surface area contributed by atoms with Crippen LogP contribution in [0, 0.1) is 17.3 Å². The standard InChI is InChI=1S/C25H33N7O2S/c1-4-15-6-5-14(2)25(15,3)11-17-19(13-32-21(17)20(26)18(12-28-32)22(27)33)23-30-31-24(35-23)29-16-7-9-34-10-8-16/h4,12-16H,1,5-11,26H2,2-3H3,(H2,27,33)(H,29,31). The smallest absolute Gasteiger partial charge is 0.252 e. The minimum Gasteiger partial charge on any atom is -0.396 e. The zero-order chi connectivity index (χ0) is 24.7. The predicted octanol–water partition coefficient (Wildman–Crippen LogP) is 3.91. The Kier molecular flexibility index (Phi) is 6.27. The fraction of sp³-hybridized carbons (Fsp3) is 0.520. The number of carbonyl (C=O) groups is 1. The molecule has 2 fully saturated rings. The Hall–Kier alpha value is -2.98. The molecule has 5 N–H and O–H groups in total. The predicted molar refractivity (Wildman–Crippen MR) is 138 cm³/mol. The van der Waals surface area contributed by atoms with Gasteiger partial charge in [0.1, 0.15) is 0 Å². The molecular formula is C25H33N7O2S. The van der Waals surface area contributed by atoms with Crippen molar-refractivity contribution in [1.82, 2.24) is 19.8 Å². The van der Waals surface area contributed by atoms with Gasteiger partial charge in [-0.1, -0.05) is 31.3 Å². The number of carbonyl (C=O) groups excluding carboxylic acids is 1. The summed E-state index contributed by atoms with van der Waals surface area (Å²) < 4.78 is 7.21. The Balaban J connectivity index is 1.60. The molecule has 1 aliphatic heterocycles. The molecule has 35 heavy (non-hydrogen) atoms. The number of anilines is 2. The number of rotatable bonds is 7. The number of primary amides is 1. The summed E-state index contributed by atoms with van der Waals surface area (Å²) in [7, 11) is 0. The fourth-order valence-electron chi connectivity index (χ4n) is 5.72. The van der Waals surface area contributed by atoms with Gasteiger partial charge in [0.15, 0.2) is 5.01 Å². The van der Waals surface area contributed by atoms with Crippen molar-refractivity contribution in [2.45, 2.75) is 52.0 Å². The van der Waals surface area contributed by atoms with Gasteiger partial charge in [0.2, 0.25) is 5.13 Å². The normalized spacial score (nSPS) is 25.2. The molecule has 1 saturated carbocycles. The Bertz CT molecular complexity index is 1260. The molecule has 4 heterocycles. The topological polar surface area (TPSA) is 133 Å². The molecule has 3 aromatic heterocycles. The lowest BCUT2D eigenvalue weighted by molar-refractivity contribution is 0.0904.